The SMILES string of the molecule is C=C(/C=N\C(C)=C/CC)CNCCOC. The number of nitrogens with zero attached hydrogens (tertiary/aromatic N) is 1. The molecule has 0 saturated heterocycles. The molecule has 0 aromatic rings. The minimum atomic E-state index is 0.721. The number of aliphatic imine (C=N–C) groups is 1. The average Bonchev–Trinajstić information content (AvgIpc) is 2.22. The highest BCUT2D eigenvalue weighted by Crippen LogP contribution is 1.96. The molecule has 0 amide bonds. The first-order valence-electron chi connectivity index (χ1n) is 5.29. The summed E-state index contributed by atoms with van der Waals surface area (Å²) in [4.78, 5) is 4.28. The molecule has 0 heterocycles. The molecular weight excluding hydrogens is 188 g/mol. The van der Waals surface area contributed by atoms with Crippen molar-refractivity contribution < 1.29 is 4.74 Å². The van der Waals surface area contributed by atoms with E-state index in [0.717, 1.165) is 37.4 Å². The second kappa shape index (κ2) is 9.62. The summed E-state index contributed by atoms with van der Waals surface area (Å²) >= 11 is 0. The number of nitrogens with one attached hydrogen (secondary N) is 1. The van der Waals surface area contributed by atoms with E-state index >= 15 is 0 Å². The Morgan fingerprint density at radius 2 is 2.27 bits per heavy atom. The number of methoxy groups -OCH3 is 1. The van der Waals surface area contributed by atoms with E-state index < -0.39 is 0 Å². The summed E-state index contributed by atoms with van der Waals surface area (Å²) in [6, 6.07) is 0. The Labute approximate surface area is 92.9 Å². The zero-order valence-electron chi connectivity index (χ0n) is 10.0. The van der Waals surface area contributed by atoms with Gasteiger partial charge in [0.05, 0.1) is 6.61 Å². The molecule has 0 atom stereocenters. The summed E-state index contributed by atoms with van der Waals surface area (Å²) in [5.74, 6) is 0. The standard InChI is InChI=1S/C12H22N2O/c1-5-6-12(3)14-10-11(2)9-13-7-8-15-4/h6,10,13H,2,5,7-9H2,1,3-4H3/b12-6-,14-10-. The molecule has 0 aromatic carbocycles. The Bertz CT molecular complexity index is 232. The van der Waals surface area contributed by atoms with Gasteiger partial charge in [0.15, 0.2) is 0 Å². The summed E-state index contributed by atoms with van der Waals surface area (Å²) in [7, 11) is 1.69. The van der Waals surface area contributed by atoms with E-state index in [0.29, 0.717) is 0 Å². The van der Waals surface area contributed by atoms with Crippen LogP contribution in [0.1, 0.15) is 20.3 Å². The van der Waals surface area contributed by atoms with Crippen LogP contribution in [0, 0.1) is 0 Å². The van der Waals surface area contributed by atoms with E-state index in [1.165, 1.54) is 0 Å². The maximum absolute atomic E-state index is 4.92. The van der Waals surface area contributed by atoms with E-state index in [9.17, 15) is 0 Å². The zero-order chi connectivity index (χ0) is 11.5. The molecule has 3 nitrogen and oxygen atoms in total. The number of allylic oxidation sites excluding steroid dienone is 2. The van der Waals surface area contributed by atoms with Crippen molar-refractivity contribution in [1.82, 2.24) is 5.32 Å². The number of hydrogen-bond donors (Lipinski definition) is 1. The van der Waals surface area contributed by atoms with Crippen LogP contribution in [0.15, 0.2) is 28.9 Å². The lowest BCUT2D eigenvalue weighted by molar-refractivity contribution is 0.200. The van der Waals surface area contributed by atoms with Gasteiger partial charge in [-0.05, 0) is 18.9 Å². The van der Waals surface area contributed by atoms with E-state index in [-0.39, 0.29) is 0 Å². The molecule has 0 aliphatic carbocycles. The number of rotatable bonds is 8. The molecule has 0 unspecified atom stereocenters. The third-order valence-corrected chi connectivity index (χ3v) is 1.79. The second-order valence-corrected chi connectivity index (χ2v) is 3.34. The van der Waals surface area contributed by atoms with E-state index in [2.05, 4.69) is 29.9 Å². The van der Waals surface area contributed by atoms with Crippen molar-refractivity contribution in [2.75, 3.05) is 26.8 Å². The molecular formula is C12H22N2O. The van der Waals surface area contributed by atoms with Crippen molar-refractivity contribution >= 4 is 6.21 Å². The number of hydrogen-bond acceptors (Lipinski definition) is 3. The first-order chi connectivity index (χ1) is 7.20. The lowest BCUT2D eigenvalue weighted by atomic mass is 10.3. The van der Waals surface area contributed by atoms with Crippen LogP contribution in [0.4, 0.5) is 0 Å². The van der Waals surface area contributed by atoms with Gasteiger partial charge in [-0.15, -0.1) is 0 Å². The Hall–Kier alpha value is -0.930. The van der Waals surface area contributed by atoms with Gasteiger partial charge < -0.3 is 10.1 Å². The van der Waals surface area contributed by atoms with Gasteiger partial charge in [0.2, 0.25) is 0 Å². The van der Waals surface area contributed by atoms with Crippen molar-refractivity contribution in [3.63, 3.8) is 0 Å². The first-order valence-corrected chi connectivity index (χ1v) is 5.29. The summed E-state index contributed by atoms with van der Waals surface area (Å²) < 4.78 is 4.92. The molecule has 0 aliphatic heterocycles. The molecule has 15 heavy (non-hydrogen) atoms. The Kier molecular flexibility index (Phi) is 9.02. The second-order valence-electron chi connectivity index (χ2n) is 3.34. The average molecular weight is 210 g/mol. The maximum atomic E-state index is 4.92. The molecule has 0 radical (unpaired) electrons. The van der Waals surface area contributed by atoms with Crippen LogP contribution < -0.4 is 5.32 Å². The highest BCUT2D eigenvalue weighted by molar-refractivity contribution is 5.78. The van der Waals surface area contributed by atoms with Gasteiger partial charge in [0.25, 0.3) is 0 Å². The predicted molar refractivity (Wildman–Crippen MR) is 66.4 cm³/mol. The fourth-order valence-corrected chi connectivity index (χ4v) is 1.01. The van der Waals surface area contributed by atoms with Gasteiger partial charge in [-0.25, -0.2) is 0 Å². The Balaban J connectivity index is 3.69. The molecule has 86 valence electrons. The molecule has 0 fully saturated rings. The molecule has 0 saturated carbocycles. The van der Waals surface area contributed by atoms with Crippen molar-refractivity contribution in [3.8, 4) is 0 Å². The quantitative estimate of drug-likeness (QED) is 0.492. The maximum Gasteiger partial charge on any atom is 0.0587 e. The highest BCUT2D eigenvalue weighted by atomic mass is 16.5. The van der Waals surface area contributed by atoms with E-state index in [1.807, 2.05) is 6.92 Å². The minimum Gasteiger partial charge on any atom is -0.383 e. The van der Waals surface area contributed by atoms with Crippen molar-refractivity contribution in [1.29, 1.82) is 0 Å². The third kappa shape index (κ3) is 9.38. The highest BCUT2D eigenvalue weighted by Gasteiger charge is 1.89. The first kappa shape index (κ1) is 14.1. The normalized spacial score (nSPS) is 12.3. The summed E-state index contributed by atoms with van der Waals surface area (Å²) in [5.41, 5.74) is 2.02. The van der Waals surface area contributed by atoms with Gasteiger partial charge in [-0.3, -0.25) is 4.99 Å². The minimum absolute atomic E-state index is 0.721. The van der Waals surface area contributed by atoms with Crippen molar-refractivity contribution in [2.45, 2.75) is 20.3 Å². The Morgan fingerprint density at radius 1 is 1.53 bits per heavy atom. The van der Waals surface area contributed by atoms with Crippen LogP contribution >= 0.6 is 0 Å². The van der Waals surface area contributed by atoms with Gasteiger partial charge in [0, 0.05) is 32.1 Å². The summed E-state index contributed by atoms with van der Waals surface area (Å²) in [6.45, 7) is 10.3. The largest absolute Gasteiger partial charge is 0.383 e. The van der Waals surface area contributed by atoms with Crippen LogP contribution in [-0.2, 0) is 4.74 Å². The molecule has 0 aromatic heterocycles. The lowest BCUT2D eigenvalue weighted by Gasteiger charge is -2.02. The monoisotopic (exact) mass is 210 g/mol. The van der Waals surface area contributed by atoms with E-state index in [4.69, 9.17) is 4.74 Å². The smallest absolute Gasteiger partial charge is 0.0587 e. The van der Waals surface area contributed by atoms with Crippen LogP contribution in [0.25, 0.3) is 0 Å². The summed E-state index contributed by atoms with van der Waals surface area (Å²) in [6.07, 6.45) is 4.91. The molecule has 0 aliphatic rings. The Morgan fingerprint density at radius 3 is 2.87 bits per heavy atom. The fraction of sp³-hybridized carbons (Fsp3) is 0.583. The van der Waals surface area contributed by atoms with Crippen LogP contribution in [-0.4, -0.2) is 33.0 Å². The van der Waals surface area contributed by atoms with Crippen molar-refractivity contribution in [2.24, 2.45) is 4.99 Å². The molecule has 0 bridgehead atoms. The van der Waals surface area contributed by atoms with Gasteiger partial charge in [0.1, 0.15) is 0 Å². The van der Waals surface area contributed by atoms with Gasteiger partial charge in [-0.2, -0.15) is 0 Å². The molecule has 0 spiro atoms. The van der Waals surface area contributed by atoms with Crippen LogP contribution in [0.2, 0.25) is 0 Å². The summed E-state index contributed by atoms with van der Waals surface area (Å²) in [5, 5.41) is 3.21. The zero-order valence-corrected chi connectivity index (χ0v) is 10.0. The molecule has 3 heteroatoms. The molecule has 1 N–H and O–H groups in total. The predicted octanol–water partition coefficient (Wildman–Crippen LogP) is 2.16. The van der Waals surface area contributed by atoms with E-state index in [1.54, 1.807) is 13.3 Å². The van der Waals surface area contributed by atoms with Gasteiger partial charge in [-0.1, -0.05) is 19.6 Å². The topological polar surface area (TPSA) is 33.6 Å². The third-order valence-electron chi connectivity index (χ3n) is 1.79. The van der Waals surface area contributed by atoms with Crippen LogP contribution in [0.3, 0.4) is 0 Å². The van der Waals surface area contributed by atoms with Crippen molar-refractivity contribution in [3.05, 3.63) is 23.9 Å². The number of ether oxygens (including phenoxy) is 1. The van der Waals surface area contributed by atoms with Crippen LogP contribution in [0.5, 0.6) is 0 Å². The lowest BCUT2D eigenvalue weighted by Crippen LogP contribution is -2.21. The van der Waals surface area contributed by atoms with Gasteiger partial charge >= 0.3 is 0 Å². The molecule has 0 rings (SSSR count). The fourth-order valence-electron chi connectivity index (χ4n) is 1.01.